The molecule has 1 aliphatic rings. The highest BCUT2D eigenvalue weighted by atomic mass is 16.7. The Morgan fingerprint density at radius 1 is 1.03 bits per heavy atom. The topological polar surface area (TPSA) is 67.9 Å². The molecule has 0 radical (unpaired) electrons. The van der Waals surface area contributed by atoms with Crippen molar-refractivity contribution in [1.29, 1.82) is 0 Å². The first-order valence-corrected chi connectivity index (χ1v) is 11.4. The SMILES string of the molecule is CC[C@@H](C)NC(=O)[C@H](CC)N(Cc1cccc(C)c1)C(=O)CCc1ccc2c(c1)OCO2. The van der Waals surface area contributed by atoms with Gasteiger partial charge in [0.05, 0.1) is 0 Å². The molecule has 6 heteroatoms. The fourth-order valence-corrected chi connectivity index (χ4v) is 3.86. The van der Waals surface area contributed by atoms with E-state index >= 15 is 0 Å². The van der Waals surface area contributed by atoms with Crippen molar-refractivity contribution in [1.82, 2.24) is 10.2 Å². The van der Waals surface area contributed by atoms with Crippen LogP contribution < -0.4 is 14.8 Å². The number of carbonyl (C=O) groups is 2. The van der Waals surface area contributed by atoms with E-state index in [9.17, 15) is 9.59 Å². The average Bonchev–Trinajstić information content (AvgIpc) is 3.25. The monoisotopic (exact) mass is 438 g/mol. The third kappa shape index (κ3) is 6.02. The van der Waals surface area contributed by atoms with Crippen molar-refractivity contribution in [2.75, 3.05) is 6.79 Å². The molecular formula is C26H34N2O4. The highest BCUT2D eigenvalue weighted by Crippen LogP contribution is 2.32. The van der Waals surface area contributed by atoms with E-state index in [0.29, 0.717) is 31.6 Å². The Bertz CT molecular complexity index is 943. The van der Waals surface area contributed by atoms with Gasteiger partial charge in [0.2, 0.25) is 18.6 Å². The summed E-state index contributed by atoms with van der Waals surface area (Å²) >= 11 is 0. The second kappa shape index (κ2) is 11.0. The number of carbonyl (C=O) groups excluding carboxylic acids is 2. The van der Waals surface area contributed by atoms with E-state index in [1.807, 2.05) is 64.1 Å². The van der Waals surface area contributed by atoms with Gasteiger partial charge in [0.15, 0.2) is 11.5 Å². The number of ether oxygens (including phenoxy) is 2. The molecule has 172 valence electrons. The number of nitrogens with zero attached hydrogens (tertiary/aromatic N) is 1. The van der Waals surface area contributed by atoms with E-state index in [1.54, 1.807) is 4.90 Å². The first kappa shape index (κ1) is 23.6. The van der Waals surface area contributed by atoms with Crippen LogP contribution in [0.4, 0.5) is 0 Å². The van der Waals surface area contributed by atoms with Crippen LogP contribution in [0.3, 0.4) is 0 Å². The van der Waals surface area contributed by atoms with Crippen molar-refractivity contribution in [2.45, 2.75) is 72.0 Å². The highest BCUT2D eigenvalue weighted by molar-refractivity contribution is 5.88. The number of rotatable bonds is 10. The van der Waals surface area contributed by atoms with Gasteiger partial charge in [-0.2, -0.15) is 0 Å². The minimum absolute atomic E-state index is 0.0321. The number of hydrogen-bond donors (Lipinski definition) is 1. The van der Waals surface area contributed by atoms with Gasteiger partial charge in [-0.15, -0.1) is 0 Å². The molecule has 6 nitrogen and oxygen atoms in total. The smallest absolute Gasteiger partial charge is 0.243 e. The van der Waals surface area contributed by atoms with Crippen molar-refractivity contribution in [3.8, 4) is 11.5 Å². The average molecular weight is 439 g/mol. The fraction of sp³-hybridized carbons (Fsp3) is 0.462. The third-order valence-corrected chi connectivity index (χ3v) is 5.89. The van der Waals surface area contributed by atoms with Crippen molar-refractivity contribution in [2.24, 2.45) is 0 Å². The minimum Gasteiger partial charge on any atom is -0.454 e. The van der Waals surface area contributed by atoms with Crippen LogP contribution in [0.2, 0.25) is 0 Å². The van der Waals surface area contributed by atoms with Crippen molar-refractivity contribution in [3.63, 3.8) is 0 Å². The number of nitrogens with one attached hydrogen (secondary N) is 1. The van der Waals surface area contributed by atoms with Gasteiger partial charge in [-0.05, 0) is 56.4 Å². The summed E-state index contributed by atoms with van der Waals surface area (Å²) in [6.45, 7) is 8.64. The van der Waals surface area contributed by atoms with Crippen LogP contribution in [0.1, 0.15) is 56.7 Å². The molecule has 3 rings (SSSR count). The van der Waals surface area contributed by atoms with Gasteiger partial charge in [-0.25, -0.2) is 0 Å². The van der Waals surface area contributed by atoms with Crippen LogP contribution in [0.5, 0.6) is 11.5 Å². The van der Waals surface area contributed by atoms with Gasteiger partial charge in [0.25, 0.3) is 0 Å². The van der Waals surface area contributed by atoms with Crippen molar-refractivity contribution in [3.05, 3.63) is 59.2 Å². The van der Waals surface area contributed by atoms with Crippen LogP contribution in [-0.4, -0.2) is 35.6 Å². The van der Waals surface area contributed by atoms with Gasteiger partial charge in [0.1, 0.15) is 6.04 Å². The van der Waals surface area contributed by atoms with E-state index in [2.05, 4.69) is 11.4 Å². The van der Waals surface area contributed by atoms with Crippen LogP contribution in [0.15, 0.2) is 42.5 Å². The van der Waals surface area contributed by atoms with Gasteiger partial charge in [0, 0.05) is 19.0 Å². The Morgan fingerprint density at radius 2 is 1.81 bits per heavy atom. The molecule has 0 aromatic heterocycles. The van der Waals surface area contributed by atoms with Crippen molar-refractivity contribution >= 4 is 11.8 Å². The van der Waals surface area contributed by atoms with Crippen LogP contribution in [-0.2, 0) is 22.6 Å². The molecule has 0 saturated carbocycles. The summed E-state index contributed by atoms with van der Waals surface area (Å²) in [5, 5.41) is 3.05. The molecule has 1 heterocycles. The first-order chi connectivity index (χ1) is 15.4. The molecule has 1 N–H and O–H groups in total. The summed E-state index contributed by atoms with van der Waals surface area (Å²) < 4.78 is 10.8. The number of fused-ring (bicyclic) bond motifs is 1. The fourth-order valence-electron chi connectivity index (χ4n) is 3.86. The summed E-state index contributed by atoms with van der Waals surface area (Å²) in [6.07, 6.45) is 2.30. The van der Waals surface area contributed by atoms with Crippen LogP contribution >= 0.6 is 0 Å². The van der Waals surface area contributed by atoms with Gasteiger partial charge in [-0.1, -0.05) is 49.7 Å². The maximum Gasteiger partial charge on any atom is 0.243 e. The highest BCUT2D eigenvalue weighted by Gasteiger charge is 2.29. The molecule has 2 aromatic rings. The Balaban J connectivity index is 1.76. The zero-order valence-electron chi connectivity index (χ0n) is 19.5. The Hall–Kier alpha value is -3.02. The number of hydrogen-bond acceptors (Lipinski definition) is 4. The van der Waals surface area contributed by atoms with E-state index in [1.165, 1.54) is 0 Å². The lowest BCUT2D eigenvalue weighted by molar-refractivity contribution is -0.141. The van der Waals surface area contributed by atoms with E-state index in [4.69, 9.17) is 9.47 Å². The van der Waals surface area contributed by atoms with Crippen molar-refractivity contribution < 1.29 is 19.1 Å². The molecule has 32 heavy (non-hydrogen) atoms. The lowest BCUT2D eigenvalue weighted by Gasteiger charge is -2.31. The molecule has 0 saturated heterocycles. The maximum absolute atomic E-state index is 13.4. The summed E-state index contributed by atoms with van der Waals surface area (Å²) in [5.41, 5.74) is 3.17. The summed E-state index contributed by atoms with van der Waals surface area (Å²) in [4.78, 5) is 28.1. The molecule has 1 aliphatic heterocycles. The normalized spacial score (nSPS) is 14.0. The quantitative estimate of drug-likeness (QED) is 0.598. The third-order valence-electron chi connectivity index (χ3n) is 5.89. The zero-order valence-corrected chi connectivity index (χ0v) is 19.5. The largest absolute Gasteiger partial charge is 0.454 e. The van der Waals surface area contributed by atoms with E-state index in [0.717, 1.165) is 28.9 Å². The maximum atomic E-state index is 13.4. The van der Waals surface area contributed by atoms with E-state index < -0.39 is 6.04 Å². The second-order valence-corrected chi connectivity index (χ2v) is 8.44. The predicted octanol–water partition coefficient (Wildman–Crippen LogP) is 4.38. The Morgan fingerprint density at radius 3 is 2.53 bits per heavy atom. The van der Waals surface area contributed by atoms with Gasteiger partial charge < -0.3 is 19.7 Å². The molecule has 2 atom stereocenters. The van der Waals surface area contributed by atoms with E-state index in [-0.39, 0.29) is 24.6 Å². The molecule has 2 aromatic carbocycles. The summed E-state index contributed by atoms with van der Waals surface area (Å²) in [6, 6.07) is 13.4. The molecule has 0 fully saturated rings. The van der Waals surface area contributed by atoms with Crippen LogP contribution in [0, 0.1) is 6.92 Å². The van der Waals surface area contributed by atoms with Gasteiger partial charge in [-0.3, -0.25) is 9.59 Å². The first-order valence-electron chi connectivity index (χ1n) is 11.4. The second-order valence-electron chi connectivity index (χ2n) is 8.44. The molecular weight excluding hydrogens is 404 g/mol. The standard InChI is InChI=1S/C26H34N2O4/c1-5-19(4)27-26(30)22(6-2)28(16-21-9-7-8-18(3)14-21)25(29)13-11-20-10-12-23-24(15-20)32-17-31-23/h7-10,12,14-15,19,22H,5-6,11,13,16-17H2,1-4H3,(H,27,30)/t19-,22+/m1/s1. The summed E-state index contributed by atoms with van der Waals surface area (Å²) in [5.74, 6) is 1.32. The number of benzene rings is 2. The lowest BCUT2D eigenvalue weighted by atomic mass is 10.0. The zero-order chi connectivity index (χ0) is 23.1. The lowest BCUT2D eigenvalue weighted by Crippen LogP contribution is -2.50. The Labute approximate surface area is 190 Å². The molecule has 0 bridgehead atoms. The predicted molar refractivity (Wildman–Crippen MR) is 125 cm³/mol. The van der Waals surface area contributed by atoms with Gasteiger partial charge >= 0.3 is 0 Å². The molecule has 0 aliphatic carbocycles. The number of aryl methyl sites for hydroxylation is 2. The van der Waals surface area contributed by atoms with Crippen LogP contribution in [0.25, 0.3) is 0 Å². The Kier molecular flexibility index (Phi) is 8.14. The summed E-state index contributed by atoms with van der Waals surface area (Å²) in [7, 11) is 0. The molecule has 2 amide bonds. The molecule has 0 unspecified atom stereocenters. The minimum atomic E-state index is -0.506. The number of amides is 2. The molecule has 0 spiro atoms.